The maximum Gasteiger partial charge on any atom is 0.350 e. The Morgan fingerprint density at radius 3 is 2.78 bits per heavy atom. The zero-order valence-corrected chi connectivity index (χ0v) is 13.7. The van der Waals surface area contributed by atoms with Crippen molar-refractivity contribution in [2.75, 3.05) is 19.0 Å². The van der Waals surface area contributed by atoms with Gasteiger partial charge in [0.05, 0.1) is 19.4 Å². The van der Waals surface area contributed by atoms with E-state index in [1.54, 1.807) is 13.8 Å². The van der Waals surface area contributed by atoms with E-state index in [0.29, 0.717) is 21.3 Å². The van der Waals surface area contributed by atoms with Gasteiger partial charge in [-0.3, -0.25) is 10.1 Å². The third kappa shape index (κ3) is 3.78. The molecule has 2 aromatic rings. The van der Waals surface area contributed by atoms with Gasteiger partial charge in [-0.25, -0.2) is 9.78 Å². The second-order valence-electron chi connectivity index (χ2n) is 4.49. The molecule has 1 aromatic heterocycles. The van der Waals surface area contributed by atoms with E-state index in [1.807, 2.05) is 0 Å². The quantitative estimate of drug-likeness (QED) is 0.815. The molecule has 7 nitrogen and oxygen atoms in total. The van der Waals surface area contributed by atoms with Crippen LogP contribution in [0, 0.1) is 6.92 Å². The van der Waals surface area contributed by atoms with Gasteiger partial charge in [-0.15, -0.1) is 0 Å². The van der Waals surface area contributed by atoms with Crippen LogP contribution in [0.1, 0.15) is 32.6 Å². The fourth-order valence-corrected chi connectivity index (χ4v) is 2.68. The van der Waals surface area contributed by atoms with Gasteiger partial charge in [0.25, 0.3) is 5.91 Å². The fraction of sp³-hybridized carbons (Fsp3) is 0.267. The van der Waals surface area contributed by atoms with E-state index >= 15 is 0 Å². The fourth-order valence-electron chi connectivity index (χ4n) is 1.82. The van der Waals surface area contributed by atoms with E-state index in [1.165, 1.54) is 25.3 Å². The van der Waals surface area contributed by atoms with E-state index in [4.69, 9.17) is 9.47 Å². The lowest BCUT2D eigenvalue weighted by Crippen LogP contribution is -2.11. The van der Waals surface area contributed by atoms with Crippen LogP contribution in [0.25, 0.3) is 0 Å². The standard InChI is InChI=1S/C15H16N2O5S/c1-4-22-14(20)12-8(2)16-15(23-12)17-13(19)9-5-6-10(18)11(7-9)21-3/h5-7,18H,4H2,1-3H3,(H,16,17,19). The number of esters is 1. The van der Waals surface area contributed by atoms with Crippen molar-refractivity contribution in [1.29, 1.82) is 0 Å². The molecule has 0 unspecified atom stereocenters. The van der Waals surface area contributed by atoms with Crippen molar-refractivity contribution in [3.05, 3.63) is 34.3 Å². The first-order valence-electron chi connectivity index (χ1n) is 6.79. The van der Waals surface area contributed by atoms with Crippen LogP contribution >= 0.6 is 11.3 Å². The van der Waals surface area contributed by atoms with Crippen LogP contribution in [0.5, 0.6) is 11.5 Å². The molecule has 2 rings (SSSR count). The molecule has 0 spiro atoms. The second-order valence-corrected chi connectivity index (χ2v) is 5.49. The number of rotatable bonds is 5. The highest BCUT2D eigenvalue weighted by Crippen LogP contribution is 2.28. The lowest BCUT2D eigenvalue weighted by atomic mass is 10.2. The summed E-state index contributed by atoms with van der Waals surface area (Å²) in [5.41, 5.74) is 0.789. The van der Waals surface area contributed by atoms with Crippen molar-refractivity contribution in [1.82, 2.24) is 4.98 Å². The van der Waals surface area contributed by atoms with Crippen molar-refractivity contribution in [2.24, 2.45) is 0 Å². The van der Waals surface area contributed by atoms with E-state index in [0.717, 1.165) is 11.3 Å². The van der Waals surface area contributed by atoms with Gasteiger partial charge in [0.1, 0.15) is 4.88 Å². The Kier molecular flexibility index (Phi) is 5.17. The van der Waals surface area contributed by atoms with Gasteiger partial charge in [-0.1, -0.05) is 11.3 Å². The summed E-state index contributed by atoms with van der Waals surface area (Å²) in [5.74, 6) is -0.749. The molecule has 0 aliphatic carbocycles. The number of carbonyl (C=O) groups is 2. The van der Waals surface area contributed by atoms with Crippen LogP contribution in [0.2, 0.25) is 0 Å². The molecule has 0 saturated heterocycles. The molecule has 8 heteroatoms. The number of aromatic hydroxyl groups is 1. The minimum atomic E-state index is -0.464. The Morgan fingerprint density at radius 1 is 1.39 bits per heavy atom. The van der Waals surface area contributed by atoms with E-state index in [2.05, 4.69) is 10.3 Å². The molecule has 0 radical (unpaired) electrons. The molecule has 0 aliphatic rings. The summed E-state index contributed by atoms with van der Waals surface area (Å²) in [4.78, 5) is 28.5. The summed E-state index contributed by atoms with van der Waals surface area (Å²) in [6.45, 7) is 3.66. The van der Waals surface area contributed by atoms with Gasteiger partial charge in [0.2, 0.25) is 0 Å². The Bertz CT molecular complexity index is 741. The van der Waals surface area contributed by atoms with Crippen LogP contribution in [0.3, 0.4) is 0 Å². The number of nitrogens with zero attached hydrogens (tertiary/aromatic N) is 1. The van der Waals surface area contributed by atoms with Crippen LogP contribution in [-0.4, -0.2) is 35.7 Å². The molecule has 0 saturated carbocycles. The first-order valence-corrected chi connectivity index (χ1v) is 7.60. The number of thiazole rings is 1. The highest BCUT2D eigenvalue weighted by atomic mass is 32.1. The average molecular weight is 336 g/mol. The Morgan fingerprint density at radius 2 is 2.13 bits per heavy atom. The number of methoxy groups -OCH3 is 1. The van der Waals surface area contributed by atoms with Gasteiger partial charge in [0, 0.05) is 5.56 Å². The summed E-state index contributed by atoms with van der Waals surface area (Å²) in [6, 6.07) is 4.24. The number of ether oxygens (including phenoxy) is 2. The third-order valence-corrected chi connectivity index (χ3v) is 3.97. The number of anilines is 1. The number of hydrogen-bond donors (Lipinski definition) is 2. The van der Waals surface area contributed by atoms with Gasteiger partial charge < -0.3 is 14.6 Å². The zero-order chi connectivity index (χ0) is 17.0. The SMILES string of the molecule is CCOC(=O)c1sc(NC(=O)c2ccc(O)c(OC)c2)nc1C. The minimum absolute atomic E-state index is 0.0567. The number of phenolic OH excluding ortho intramolecular Hbond substituents is 1. The summed E-state index contributed by atoms with van der Waals surface area (Å²) in [5, 5.41) is 12.4. The molecule has 1 amide bonds. The Balaban J connectivity index is 2.17. The average Bonchev–Trinajstić information content (AvgIpc) is 2.88. The van der Waals surface area contributed by atoms with Crippen LogP contribution < -0.4 is 10.1 Å². The summed E-state index contributed by atoms with van der Waals surface area (Å²) in [7, 11) is 1.40. The molecule has 0 bridgehead atoms. The molecule has 0 atom stereocenters. The zero-order valence-electron chi connectivity index (χ0n) is 12.9. The monoisotopic (exact) mass is 336 g/mol. The number of hydrogen-bond acceptors (Lipinski definition) is 7. The normalized spacial score (nSPS) is 10.2. The molecule has 2 N–H and O–H groups in total. The van der Waals surface area contributed by atoms with E-state index in [-0.39, 0.29) is 18.1 Å². The predicted octanol–water partition coefficient (Wildman–Crippen LogP) is 2.59. The second kappa shape index (κ2) is 7.10. The number of nitrogens with one attached hydrogen (secondary N) is 1. The highest BCUT2D eigenvalue weighted by Gasteiger charge is 2.18. The van der Waals surface area contributed by atoms with Crippen molar-refractivity contribution >= 4 is 28.3 Å². The topological polar surface area (TPSA) is 97.8 Å². The van der Waals surface area contributed by atoms with Crippen LogP contribution in [-0.2, 0) is 4.74 Å². The third-order valence-electron chi connectivity index (χ3n) is 2.92. The van der Waals surface area contributed by atoms with Crippen LogP contribution in [0.15, 0.2) is 18.2 Å². The number of benzene rings is 1. The van der Waals surface area contributed by atoms with Crippen molar-refractivity contribution < 1.29 is 24.2 Å². The molecule has 23 heavy (non-hydrogen) atoms. The van der Waals surface area contributed by atoms with Crippen molar-refractivity contribution in [3.63, 3.8) is 0 Å². The van der Waals surface area contributed by atoms with Crippen molar-refractivity contribution in [3.8, 4) is 11.5 Å². The first-order chi connectivity index (χ1) is 11.0. The van der Waals surface area contributed by atoms with Crippen LogP contribution in [0.4, 0.5) is 5.13 Å². The van der Waals surface area contributed by atoms with Gasteiger partial charge in [-0.2, -0.15) is 0 Å². The number of aryl methyl sites for hydroxylation is 1. The molecule has 0 aliphatic heterocycles. The highest BCUT2D eigenvalue weighted by molar-refractivity contribution is 7.17. The van der Waals surface area contributed by atoms with Gasteiger partial charge in [0.15, 0.2) is 16.6 Å². The lowest BCUT2D eigenvalue weighted by Gasteiger charge is -2.06. The number of phenols is 1. The summed E-state index contributed by atoms with van der Waals surface area (Å²) < 4.78 is 9.89. The number of aromatic nitrogens is 1. The van der Waals surface area contributed by atoms with Crippen molar-refractivity contribution in [2.45, 2.75) is 13.8 Å². The first kappa shape index (κ1) is 16.8. The smallest absolute Gasteiger partial charge is 0.350 e. The van der Waals surface area contributed by atoms with Gasteiger partial charge in [-0.05, 0) is 32.0 Å². The van der Waals surface area contributed by atoms with E-state index < -0.39 is 11.9 Å². The number of amides is 1. The Labute approximate surface area is 136 Å². The molecular weight excluding hydrogens is 320 g/mol. The maximum atomic E-state index is 12.2. The molecule has 0 fully saturated rings. The van der Waals surface area contributed by atoms with E-state index in [9.17, 15) is 14.7 Å². The summed E-state index contributed by atoms with van der Waals surface area (Å²) >= 11 is 1.05. The maximum absolute atomic E-state index is 12.2. The van der Waals surface area contributed by atoms with Gasteiger partial charge >= 0.3 is 5.97 Å². The molecule has 1 heterocycles. The molecule has 1 aromatic carbocycles. The summed E-state index contributed by atoms with van der Waals surface area (Å²) in [6.07, 6.45) is 0. The Hall–Kier alpha value is -2.61. The lowest BCUT2D eigenvalue weighted by molar-refractivity contribution is 0.0531. The molecular formula is C15H16N2O5S. The molecule has 122 valence electrons. The minimum Gasteiger partial charge on any atom is -0.504 e. The number of carbonyl (C=O) groups excluding carboxylic acids is 2. The predicted molar refractivity (Wildman–Crippen MR) is 85.4 cm³/mol. The largest absolute Gasteiger partial charge is 0.504 e.